The first-order chi connectivity index (χ1) is 9.63. The fourth-order valence-corrected chi connectivity index (χ4v) is 2.38. The topological polar surface area (TPSA) is 37.8 Å². The Labute approximate surface area is 121 Å². The van der Waals surface area contributed by atoms with Crippen LogP contribution in [0.1, 0.15) is 47.6 Å². The average molecular weight is 269 g/mol. The first kappa shape index (κ1) is 14.7. The van der Waals surface area contributed by atoms with Crippen molar-refractivity contribution in [3.05, 3.63) is 58.7 Å². The minimum absolute atomic E-state index is 0.136. The van der Waals surface area contributed by atoms with Crippen molar-refractivity contribution < 1.29 is 0 Å². The first-order valence-corrected chi connectivity index (χ1v) is 7.22. The van der Waals surface area contributed by atoms with E-state index in [4.69, 9.17) is 0 Å². The van der Waals surface area contributed by atoms with Crippen LogP contribution in [-0.2, 0) is 0 Å². The van der Waals surface area contributed by atoms with Gasteiger partial charge in [0.25, 0.3) is 0 Å². The van der Waals surface area contributed by atoms with Gasteiger partial charge in [0.1, 0.15) is 5.82 Å². The molecule has 1 unspecified atom stereocenters. The molecular weight excluding hydrogens is 246 g/mol. The normalized spacial score (nSPS) is 12.4. The number of hydrogen-bond acceptors (Lipinski definition) is 3. The summed E-state index contributed by atoms with van der Waals surface area (Å²) in [4.78, 5) is 8.80. The van der Waals surface area contributed by atoms with Crippen LogP contribution in [0.4, 0.5) is 0 Å². The van der Waals surface area contributed by atoms with Gasteiger partial charge in [0, 0.05) is 6.20 Å². The van der Waals surface area contributed by atoms with Crippen LogP contribution < -0.4 is 5.32 Å². The zero-order chi connectivity index (χ0) is 14.5. The van der Waals surface area contributed by atoms with Gasteiger partial charge in [-0.05, 0) is 56.5 Å². The fraction of sp³-hybridized carbons (Fsp3) is 0.412. The number of nitrogens with one attached hydrogen (secondary N) is 1. The summed E-state index contributed by atoms with van der Waals surface area (Å²) in [5, 5.41) is 3.61. The van der Waals surface area contributed by atoms with E-state index in [0.717, 1.165) is 24.5 Å². The lowest BCUT2D eigenvalue weighted by Crippen LogP contribution is -2.25. The minimum atomic E-state index is 0.136. The Balaban J connectivity index is 2.44. The van der Waals surface area contributed by atoms with Gasteiger partial charge in [0.05, 0.1) is 11.7 Å². The molecule has 3 nitrogen and oxygen atoms in total. The Hall–Kier alpha value is -1.74. The van der Waals surface area contributed by atoms with Crippen LogP contribution in [0.15, 0.2) is 30.5 Å². The van der Waals surface area contributed by atoms with E-state index in [2.05, 4.69) is 54.3 Å². The molecule has 1 aromatic carbocycles. The zero-order valence-electron chi connectivity index (χ0n) is 12.8. The number of nitrogens with zero attached hydrogens (tertiary/aromatic N) is 2. The van der Waals surface area contributed by atoms with Crippen molar-refractivity contribution in [1.82, 2.24) is 15.3 Å². The Kier molecular flexibility index (Phi) is 4.85. The standard InChI is InChI=1S/C17H23N3/c1-5-10-19-17(16-9-11-18-14(4)20-16)15-8-6-7-12(2)13(15)3/h6-9,11,17,19H,5,10H2,1-4H3. The van der Waals surface area contributed by atoms with E-state index >= 15 is 0 Å². The smallest absolute Gasteiger partial charge is 0.125 e. The highest BCUT2D eigenvalue weighted by Crippen LogP contribution is 2.25. The average Bonchev–Trinajstić information content (AvgIpc) is 2.44. The predicted octanol–water partition coefficient (Wildman–Crippen LogP) is 3.49. The van der Waals surface area contributed by atoms with Crippen LogP contribution in [0.3, 0.4) is 0 Å². The van der Waals surface area contributed by atoms with Gasteiger partial charge in [0.2, 0.25) is 0 Å². The van der Waals surface area contributed by atoms with Gasteiger partial charge >= 0.3 is 0 Å². The summed E-state index contributed by atoms with van der Waals surface area (Å²) in [5.41, 5.74) is 4.99. The molecule has 0 saturated heterocycles. The summed E-state index contributed by atoms with van der Waals surface area (Å²) in [6.45, 7) is 9.42. The van der Waals surface area contributed by atoms with Crippen molar-refractivity contribution in [2.45, 2.75) is 40.2 Å². The lowest BCUT2D eigenvalue weighted by Gasteiger charge is -2.21. The summed E-state index contributed by atoms with van der Waals surface area (Å²) in [6, 6.07) is 8.60. The molecule has 1 atom stereocenters. The maximum atomic E-state index is 4.60. The molecule has 20 heavy (non-hydrogen) atoms. The molecule has 0 fully saturated rings. The molecule has 0 radical (unpaired) electrons. The summed E-state index contributed by atoms with van der Waals surface area (Å²) in [7, 11) is 0. The lowest BCUT2D eigenvalue weighted by atomic mass is 9.95. The Bertz CT molecular complexity index is 578. The third kappa shape index (κ3) is 3.23. The van der Waals surface area contributed by atoms with Crippen molar-refractivity contribution in [3.8, 4) is 0 Å². The van der Waals surface area contributed by atoms with E-state index in [1.165, 1.54) is 16.7 Å². The van der Waals surface area contributed by atoms with E-state index < -0.39 is 0 Å². The zero-order valence-corrected chi connectivity index (χ0v) is 12.8. The molecular formula is C17H23N3. The second-order valence-electron chi connectivity index (χ2n) is 5.20. The van der Waals surface area contributed by atoms with E-state index in [1.807, 2.05) is 19.2 Å². The fourth-order valence-electron chi connectivity index (χ4n) is 2.38. The maximum absolute atomic E-state index is 4.60. The molecule has 3 heteroatoms. The molecule has 1 heterocycles. The molecule has 0 aliphatic carbocycles. The van der Waals surface area contributed by atoms with Crippen molar-refractivity contribution in [3.63, 3.8) is 0 Å². The van der Waals surface area contributed by atoms with Crippen molar-refractivity contribution >= 4 is 0 Å². The van der Waals surface area contributed by atoms with E-state index in [1.54, 1.807) is 0 Å². The number of rotatable bonds is 5. The van der Waals surface area contributed by atoms with Gasteiger partial charge in [-0.2, -0.15) is 0 Å². The highest BCUT2D eigenvalue weighted by atomic mass is 15.0. The van der Waals surface area contributed by atoms with Gasteiger partial charge in [-0.15, -0.1) is 0 Å². The monoisotopic (exact) mass is 269 g/mol. The van der Waals surface area contributed by atoms with Gasteiger partial charge in [-0.25, -0.2) is 9.97 Å². The SMILES string of the molecule is CCCNC(c1ccnc(C)n1)c1cccc(C)c1C. The van der Waals surface area contributed by atoms with Gasteiger partial charge in [-0.3, -0.25) is 0 Å². The number of aryl methyl sites for hydroxylation is 2. The molecule has 1 N–H and O–H groups in total. The van der Waals surface area contributed by atoms with E-state index in [-0.39, 0.29) is 6.04 Å². The highest BCUT2D eigenvalue weighted by molar-refractivity contribution is 5.38. The van der Waals surface area contributed by atoms with E-state index in [9.17, 15) is 0 Å². The van der Waals surface area contributed by atoms with Crippen LogP contribution in [0.25, 0.3) is 0 Å². The summed E-state index contributed by atoms with van der Waals surface area (Å²) in [5.74, 6) is 0.816. The third-order valence-corrected chi connectivity index (χ3v) is 3.65. The van der Waals surface area contributed by atoms with E-state index in [0.29, 0.717) is 0 Å². The Morgan fingerprint density at radius 3 is 2.65 bits per heavy atom. The molecule has 106 valence electrons. The molecule has 0 saturated carbocycles. The lowest BCUT2D eigenvalue weighted by molar-refractivity contribution is 0.581. The van der Waals surface area contributed by atoms with Crippen LogP contribution in [0, 0.1) is 20.8 Å². The van der Waals surface area contributed by atoms with Crippen LogP contribution >= 0.6 is 0 Å². The summed E-state index contributed by atoms with van der Waals surface area (Å²) < 4.78 is 0. The van der Waals surface area contributed by atoms with Gasteiger partial charge in [0.15, 0.2) is 0 Å². The van der Waals surface area contributed by atoms with Crippen LogP contribution in [-0.4, -0.2) is 16.5 Å². The van der Waals surface area contributed by atoms with Gasteiger partial charge < -0.3 is 5.32 Å². The van der Waals surface area contributed by atoms with Crippen LogP contribution in [0.5, 0.6) is 0 Å². The molecule has 0 spiro atoms. The number of benzene rings is 1. The predicted molar refractivity (Wildman–Crippen MR) is 82.8 cm³/mol. The van der Waals surface area contributed by atoms with Crippen molar-refractivity contribution in [2.75, 3.05) is 6.54 Å². The number of hydrogen-bond donors (Lipinski definition) is 1. The second kappa shape index (κ2) is 6.62. The third-order valence-electron chi connectivity index (χ3n) is 3.65. The summed E-state index contributed by atoms with van der Waals surface area (Å²) in [6.07, 6.45) is 2.94. The molecule has 0 amide bonds. The molecule has 0 aliphatic heterocycles. The minimum Gasteiger partial charge on any atom is -0.305 e. The molecule has 2 aromatic rings. The molecule has 0 aliphatic rings. The Morgan fingerprint density at radius 1 is 1.15 bits per heavy atom. The van der Waals surface area contributed by atoms with Gasteiger partial charge in [-0.1, -0.05) is 25.1 Å². The Morgan fingerprint density at radius 2 is 1.95 bits per heavy atom. The maximum Gasteiger partial charge on any atom is 0.125 e. The second-order valence-corrected chi connectivity index (χ2v) is 5.20. The number of aromatic nitrogens is 2. The molecule has 0 bridgehead atoms. The molecule has 1 aromatic heterocycles. The first-order valence-electron chi connectivity index (χ1n) is 7.22. The largest absolute Gasteiger partial charge is 0.305 e. The quantitative estimate of drug-likeness (QED) is 0.903. The van der Waals surface area contributed by atoms with Crippen LogP contribution in [0.2, 0.25) is 0 Å². The molecule has 2 rings (SSSR count). The highest BCUT2D eigenvalue weighted by Gasteiger charge is 2.17. The van der Waals surface area contributed by atoms with Crippen molar-refractivity contribution in [1.29, 1.82) is 0 Å². The summed E-state index contributed by atoms with van der Waals surface area (Å²) >= 11 is 0. The van der Waals surface area contributed by atoms with Crippen molar-refractivity contribution in [2.24, 2.45) is 0 Å².